The van der Waals surface area contributed by atoms with Gasteiger partial charge in [0.1, 0.15) is 5.56 Å². The van der Waals surface area contributed by atoms with Crippen molar-refractivity contribution in [2.75, 3.05) is 13.2 Å². The van der Waals surface area contributed by atoms with Crippen molar-refractivity contribution in [1.82, 2.24) is 15.1 Å². The molecule has 1 fully saturated rings. The van der Waals surface area contributed by atoms with E-state index >= 15 is 0 Å². The van der Waals surface area contributed by atoms with Crippen molar-refractivity contribution in [2.24, 2.45) is 18.9 Å². The number of carbonyl (C=O) groups excluding carboxylic acids is 1. The topological polar surface area (TPSA) is 84.2 Å². The Balaban J connectivity index is 2.13. The number of aromatic nitrogens is 2. The number of hydrogen-bond donors (Lipinski definition) is 2. The fourth-order valence-corrected chi connectivity index (χ4v) is 3.05. The molecule has 1 amide bonds. The summed E-state index contributed by atoms with van der Waals surface area (Å²) < 4.78 is 1.20. The highest BCUT2D eigenvalue weighted by molar-refractivity contribution is 5.95. The van der Waals surface area contributed by atoms with Crippen LogP contribution in [0.2, 0.25) is 0 Å². The molecule has 2 N–H and O–H groups in total. The van der Waals surface area contributed by atoms with Gasteiger partial charge in [0.15, 0.2) is 0 Å². The number of nitrogens with one attached hydrogen (secondary N) is 1. The molecule has 1 aromatic heterocycles. The molecule has 1 aliphatic rings. The molecule has 0 spiro atoms. The quantitative estimate of drug-likeness (QED) is 0.848. The number of nitrogens with zero attached hydrogens (tertiary/aromatic N) is 2. The summed E-state index contributed by atoms with van der Waals surface area (Å²) in [5.41, 5.74) is 1.10. The molecular formula is C15H23N3O3. The second-order valence-corrected chi connectivity index (χ2v) is 5.86. The molecule has 0 radical (unpaired) electrons. The van der Waals surface area contributed by atoms with Crippen molar-refractivity contribution in [1.29, 1.82) is 0 Å². The summed E-state index contributed by atoms with van der Waals surface area (Å²) in [6.45, 7) is 4.19. The molecule has 1 saturated carbocycles. The van der Waals surface area contributed by atoms with Crippen molar-refractivity contribution in [3.05, 3.63) is 27.2 Å². The highest BCUT2D eigenvalue weighted by Gasteiger charge is 2.27. The smallest absolute Gasteiger partial charge is 0.279 e. The maximum atomic E-state index is 12.3. The summed E-state index contributed by atoms with van der Waals surface area (Å²) in [7, 11) is 1.55. The lowest BCUT2D eigenvalue weighted by molar-refractivity contribution is 0.0934. The summed E-state index contributed by atoms with van der Waals surface area (Å²) in [5, 5.41) is 16.2. The van der Waals surface area contributed by atoms with E-state index in [9.17, 15) is 14.7 Å². The number of hydrogen-bond acceptors (Lipinski definition) is 4. The molecule has 1 aromatic rings. The first-order chi connectivity index (χ1) is 9.95. The number of aryl methyl sites for hydroxylation is 2. The second-order valence-electron chi connectivity index (χ2n) is 5.86. The van der Waals surface area contributed by atoms with Crippen LogP contribution in [-0.4, -0.2) is 33.9 Å². The van der Waals surface area contributed by atoms with E-state index in [0.717, 1.165) is 19.3 Å². The number of aliphatic hydroxyl groups is 1. The third-order valence-corrected chi connectivity index (χ3v) is 4.53. The molecule has 2 rings (SSSR count). The predicted molar refractivity (Wildman–Crippen MR) is 79.2 cm³/mol. The second kappa shape index (κ2) is 6.39. The lowest BCUT2D eigenvalue weighted by Crippen LogP contribution is -2.38. The largest absolute Gasteiger partial charge is 0.396 e. The van der Waals surface area contributed by atoms with Gasteiger partial charge in [-0.05, 0) is 44.1 Å². The minimum atomic E-state index is -0.374. The fraction of sp³-hybridized carbons (Fsp3) is 0.667. The summed E-state index contributed by atoms with van der Waals surface area (Å²) >= 11 is 0. The number of carbonyl (C=O) groups is 1. The van der Waals surface area contributed by atoms with Crippen LogP contribution >= 0.6 is 0 Å². The van der Waals surface area contributed by atoms with E-state index in [4.69, 9.17) is 0 Å². The first kappa shape index (κ1) is 15.7. The van der Waals surface area contributed by atoms with E-state index in [0.29, 0.717) is 23.7 Å². The van der Waals surface area contributed by atoms with E-state index in [1.54, 1.807) is 20.9 Å². The first-order valence-electron chi connectivity index (χ1n) is 7.39. The highest BCUT2D eigenvalue weighted by Crippen LogP contribution is 2.30. The van der Waals surface area contributed by atoms with E-state index in [1.165, 1.54) is 4.68 Å². The average molecular weight is 293 g/mol. The zero-order valence-electron chi connectivity index (χ0n) is 12.8. The number of amides is 1. The predicted octanol–water partition coefficient (Wildman–Crippen LogP) is 0.536. The van der Waals surface area contributed by atoms with Gasteiger partial charge in [-0.2, -0.15) is 5.10 Å². The van der Waals surface area contributed by atoms with Gasteiger partial charge in [-0.15, -0.1) is 0 Å². The highest BCUT2D eigenvalue weighted by atomic mass is 16.3. The Kier molecular flexibility index (Phi) is 4.77. The summed E-state index contributed by atoms with van der Waals surface area (Å²) in [6.07, 6.45) is 3.10. The van der Waals surface area contributed by atoms with Gasteiger partial charge in [-0.1, -0.05) is 6.42 Å². The Morgan fingerprint density at radius 2 is 2.05 bits per heavy atom. The lowest BCUT2D eigenvalue weighted by atomic mass is 9.97. The van der Waals surface area contributed by atoms with Crippen LogP contribution in [0.3, 0.4) is 0 Å². The van der Waals surface area contributed by atoms with Gasteiger partial charge in [-0.25, -0.2) is 4.68 Å². The summed E-state index contributed by atoms with van der Waals surface area (Å²) in [5.74, 6) is 0.210. The van der Waals surface area contributed by atoms with Crippen molar-refractivity contribution in [3.63, 3.8) is 0 Å². The van der Waals surface area contributed by atoms with Gasteiger partial charge in [0.25, 0.3) is 11.5 Å². The zero-order chi connectivity index (χ0) is 15.6. The molecule has 2 unspecified atom stereocenters. The van der Waals surface area contributed by atoms with Crippen molar-refractivity contribution in [2.45, 2.75) is 33.1 Å². The van der Waals surface area contributed by atoms with Gasteiger partial charge in [0.2, 0.25) is 0 Å². The third-order valence-electron chi connectivity index (χ3n) is 4.53. The van der Waals surface area contributed by atoms with Crippen molar-refractivity contribution >= 4 is 5.91 Å². The molecule has 0 saturated heterocycles. The monoisotopic (exact) mass is 293 g/mol. The van der Waals surface area contributed by atoms with Crippen molar-refractivity contribution in [3.8, 4) is 0 Å². The summed E-state index contributed by atoms with van der Waals surface area (Å²) in [6, 6.07) is 0. The fourth-order valence-electron chi connectivity index (χ4n) is 3.05. The third kappa shape index (κ3) is 3.15. The molecule has 0 aliphatic heterocycles. The van der Waals surface area contributed by atoms with Gasteiger partial charge in [0.05, 0.1) is 5.69 Å². The molecule has 1 heterocycles. The normalized spacial score (nSPS) is 21.5. The van der Waals surface area contributed by atoms with Crippen LogP contribution in [0.4, 0.5) is 0 Å². The SMILES string of the molecule is Cc1nn(C)c(=O)c(C(=O)NCC2CCCC2CO)c1C. The van der Waals surface area contributed by atoms with Crippen LogP contribution in [0.1, 0.15) is 40.9 Å². The van der Waals surface area contributed by atoms with Gasteiger partial charge in [-0.3, -0.25) is 9.59 Å². The Labute approximate surface area is 124 Å². The van der Waals surface area contributed by atoms with Crippen LogP contribution in [0.15, 0.2) is 4.79 Å². The molecule has 2 atom stereocenters. The van der Waals surface area contributed by atoms with Gasteiger partial charge in [0, 0.05) is 20.2 Å². The van der Waals surface area contributed by atoms with Gasteiger partial charge < -0.3 is 10.4 Å². The summed E-state index contributed by atoms with van der Waals surface area (Å²) in [4.78, 5) is 24.4. The lowest BCUT2D eigenvalue weighted by Gasteiger charge is -2.18. The van der Waals surface area contributed by atoms with E-state index < -0.39 is 0 Å². The molecular weight excluding hydrogens is 270 g/mol. The van der Waals surface area contributed by atoms with Gasteiger partial charge >= 0.3 is 0 Å². The van der Waals surface area contributed by atoms with Crippen LogP contribution in [-0.2, 0) is 7.05 Å². The minimum absolute atomic E-state index is 0.162. The maximum Gasteiger partial charge on any atom is 0.279 e. The standard InChI is InChI=1S/C15H23N3O3/c1-9-10(2)17-18(3)15(21)13(9)14(20)16-7-11-5-4-6-12(11)8-19/h11-12,19H,4-8H2,1-3H3,(H,16,20). The maximum absolute atomic E-state index is 12.3. The molecule has 1 aliphatic carbocycles. The Morgan fingerprint density at radius 3 is 2.71 bits per heavy atom. The molecule has 116 valence electrons. The van der Waals surface area contributed by atoms with Crippen LogP contribution in [0.25, 0.3) is 0 Å². The zero-order valence-corrected chi connectivity index (χ0v) is 12.8. The Hall–Kier alpha value is -1.69. The molecule has 6 nitrogen and oxygen atoms in total. The van der Waals surface area contributed by atoms with Crippen LogP contribution < -0.4 is 10.9 Å². The van der Waals surface area contributed by atoms with E-state index in [1.807, 2.05) is 0 Å². The van der Waals surface area contributed by atoms with E-state index in [2.05, 4.69) is 10.4 Å². The number of aliphatic hydroxyl groups excluding tert-OH is 1. The Morgan fingerprint density at radius 1 is 1.38 bits per heavy atom. The Bertz CT molecular complexity index is 595. The van der Waals surface area contributed by atoms with E-state index in [-0.39, 0.29) is 29.6 Å². The first-order valence-corrected chi connectivity index (χ1v) is 7.39. The minimum Gasteiger partial charge on any atom is -0.396 e. The van der Waals surface area contributed by atoms with Crippen molar-refractivity contribution < 1.29 is 9.90 Å². The molecule has 6 heteroatoms. The average Bonchev–Trinajstić information content (AvgIpc) is 2.90. The number of rotatable bonds is 4. The van der Waals surface area contributed by atoms with Crippen LogP contribution in [0, 0.1) is 25.7 Å². The van der Waals surface area contributed by atoms with Crippen LogP contribution in [0.5, 0.6) is 0 Å². The molecule has 0 bridgehead atoms. The molecule has 21 heavy (non-hydrogen) atoms. The molecule has 0 aromatic carbocycles.